The second-order valence-corrected chi connectivity index (χ2v) is 6.53. The van der Waals surface area contributed by atoms with Gasteiger partial charge in [0.2, 0.25) is 0 Å². The Balaban J connectivity index is 1.48. The number of hydrogen-bond acceptors (Lipinski definition) is 4. The monoisotopic (exact) mass is 352 g/mol. The second kappa shape index (κ2) is 6.80. The molecule has 6 nitrogen and oxygen atoms in total. The first-order valence-electron chi connectivity index (χ1n) is 8.66. The molecule has 6 heteroatoms. The van der Waals surface area contributed by atoms with Crippen LogP contribution in [0.3, 0.4) is 0 Å². The van der Waals surface area contributed by atoms with Crippen molar-refractivity contribution >= 4 is 17.7 Å². The Bertz CT molecular complexity index is 865. The van der Waals surface area contributed by atoms with E-state index in [1.165, 1.54) is 0 Å². The third-order valence-corrected chi connectivity index (χ3v) is 4.77. The maximum absolute atomic E-state index is 12.6. The first-order chi connectivity index (χ1) is 12.6. The topological polar surface area (TPSA) is 67.9 Å². The van der Waals surface area contributed by atoms with Crippen molar-refractivity contribution < 1.29 is 19.1 Å². The summed E-state index contributed by atoms with van der Waals surface area (Å²) in [6.45, 7) is 4.03. The van der Waals surface area contributed by atoms with E-state index in [2.05, 4.69) is 5.32 Å². The fourth-order valence-electron chi connectivity index (χ4n) is 3.27. The standard InChI is InChI=1S/C20H20N2O4/c1-13(14-3-2-4-18(10-14)22-7-8-26-20(22)24)21-19(23)15-5-6-16-11-25-12-17(16)9-15/h2-6,9-10,13H,7-8,11-12H2,1H3,(H,21,23). The van der Waals surface area contributed by atoms with Crippen LogP contribution in [0.5, 0.6) is 0 Å². The molecule has 1 atom stereocenters. The van der Waals surface area contributed by atoms with Crippen molar-refractivity contribution in [3.8, 4) is 0 Å². The average molecular weight is 352 g/mol. The highest BCUT2D eigenvalue weighted by Crippen LogP contribution is 2.24. The minimum Gasteiger partial charge on any atom is -0.447 e. The lowest BCUT2D eigenvalue weighted by atomic mass is 10.0. The first-order valence-corrected chi connectivity index (χ1v) is 8.66. The Hall–Kier alpha value is -2.86. The number of rotatable bonds is 4. The van der Waals surface area contributed by atoms with Crippen LogP contribution in [0.15, 0.2) is 42.5 Å². The van der Waals surface area contributed by atoms with Gasteiger partial charge in [-0.2, -0.15) is 0 Å². The van der Waals surface area contributed by atoms with Crippen LogP contribution >= 0.6 is 0 Å². The van der Waals surface area contributed by atoms with Gasteiger partial charge in [0.05, 0.1) is 25.8 Å². The molecule has 2 aromatic carbocycles. The van der Waals surface area contributed by atoms with Crippen molar-refractivity contribution in [2.24, 2.45) is 0 Å². The van der Waals surface area contributed by atoms with Crippen LogP contribution in [-0.2, 0) is 22.7 Å². The molecule has 0 radical (unpaired) electrons. The summed E-state index contributed by atoms with van der Waals surface area (Å²) in [5.41, 5.74) is 4.54. The van der Waals surface area contributed by atoms with Gasteiger partial charge in [0.25, 0.3) is 5.91 Å². The predicted molar refractivity (Wildman–Crippen MR) is 96.0 cm³/mol. The highest BCUT2D eigenvalue weighted by atomic mass is 16.6. The molecule has 1 unspecified atom stereocenters. The highest BCUT2D eigenvalue weighted by Gasteiger charge is 2.24. The van der Waals surface area contributed by atoms with Gasteiger partial charge in [-0.25, -0.2) is 4.79 Å². The molecule has 2 aliphatic rings. The number of amides is 2. The number of nitrogens with zero attached hydrogens (tertiary/aromatic N) is 1. The number of hydrogen-bond donors (Lipinski definition) is 1. The van der Waals surface area contributed by atoms with Gasteiger partial charge in [0.15, 0.2) is 0 Å². The van der Waals surface area contributed by atoms with E-state index in [1.807, 2.05) is 49.4 Å². The summed E-state index contributed by atoms with van der Waals surface area (Å²) >= 11 is 0. The molecule has 1 saturated heterocycles. The predicted octanol–water partition coefficient (Wildman–Crippen LogP) is 3.16. The first kappa shape index (κ1) is 16.6. The third kappa shape index (κ3) is 3.15. The van der Waals surface area contributed by atoms with Crippen molar-refractivity contribution in [3.05, 3.63) is 64.7 Å². The van der Waals surface area contributed by atoms with Gasteiger partial charge in [-0.1, -0.05) is 18.2 Å². The Morgan fingerprint density at radius 3 is 2.81 bits per heavy atom. The van der Waals surface area contributed by atoms with E-state index >= 15 is 0 Å². The second-order valence-electron chi connectivity index (χ2n) is 6.53. The Morgan fingerprint density at radius 2 is 2.00 bits per heavy atom. The fraction of sp³-hybridized carbons (Fsp3) is 0.300. The Kier molecular flexibility index (Phi) is 4.34. The van der Waals surface area contributed by atoms with Crippen LogP contribution < -0.4 is 10.2 Å². The van der Waals surface area contributed by atoms with E-state index in [9.17, 15) is 9.59 Å². The minimum absolute atomic E-state index is 0.127. The molecule has 0 aliphatic carbocycles. The SMILES string of the molecule is CC(NC(=O)c1ccc2c(c1)COC2)c1cccc(N2CCOC2=O)c1. The number of benzene rings is 2. The van der Waals surface area contributed by atoms with E-state index < -0.39 is 0 Å². The van der Waals surface area contributed by atoms with Crippen LogP contribution in [0.1, 0.15) is 40.0 Å². The Morgan fingerprint density at radius 1 is 1.15 bits per heavy atom. The van der Waals surface area contributed by atoms with Crippen LogP contribution in [0.2, 0.25) is 0 Å². The molecule has 0 saturated carbocycles. The lowest BCUT2D eigenvalue weighted by Crippen LogP contribution is -2.27. The van der Waals surface area contributed by atoms with Gasteiger partial charge in [-0.3, -0.25) is 9.69 Å². The molecule has 1 N–H and O–H groups in total. The largest absolute Gasteiger partial charge is 0.447 e. The van der Waals surface area contributed by atoms with Crippen molar-refractivity contribution in [1.82, 2.24) is 5.32 Å². The number of nitrogens with one attached hydrogen (secondary N) is 1. The molecule has 2 aromatic rings. The molecule has 4 rings (SSSR count). The molecule has 2 heterocycles. The van der Waals surface area contributed by atoms with E-state index in [4.69, 9.17) is 9.47 Å². The molecule has 0 bridgehead atoms. The summed E-state index contributed by atoms with van der Waals surface area (Å²) < 4.78 is 10.4. The smallest absolute Gasteiger partial charge is 0.414 e. The number of anilines is 1. The molecule has 2 amide bonds. The van der Waals surface area contributed by atoms with Gasteiger partial charge < -0.3 is 14.8 Å². The zero-order chi connectivity index (χ0) is 18.1. The van der Waals surface area contributed by atoms with Gasteiger partial charge in [0, 0.05) is 11.3 Å². The number of carbonyl (C=O) groups excluding carboxylic acids is 2. The average Bonchev–Trinajstić information content (AvgIpc) is 3.29. The van der Waals surface area contributed by atoms with Crippen molar-refractivity contribution in [2.45, 2.75) is 26.2 Å². The summed E-state index contributed by atoms with van der Waals surface area (Å²) in [5.74, 6) is -0.127. The van der Waals surface area contributed by atoms with Crippen molar-refractivity contribution in [3.63, 3.8) is 0 Å². The van der Waals surface area contributed by atoms with Crippen LogP contribution in [0.4, 0.5) is 10.5 Å². The van der Waals surface area contributed by atoms with E-state index in [1.54, 1.807) is 4.90 Å². The normalized spacial score (nSPS) is 17.0. The van der Waals surface area contributed by atoms with Gasteiger partial charge in [-0.15, -0.1) is 0 Å². The van der Waals surface area contributed by atoms with E-state index in [0.29, 0.717) is 31.9 Å². The summed E-state index contributed by atoms with van der Waals surface area (Å²) in [4.78, 5) is 25.9. The Labute approximate surface area is 151 Å². The maximum Gasteiger partial charge on any atom is 0.414 e. The third-order valence-electron chi connectivity index (χ3n) is 4.77. The van der Waals surface area contributed by atoms with Crippen molar-refractivity contribution in [2.75, 3.05) is 18.1 Å². The van der Waals surface area contributed by atoms with Gasteiger partial charge in [0.1, 0.15) is 6.61 Å². The summed E-state index contributed by atoms with van der Waals surface area (Å²) in [7, 11) is 0. The van der Waals surface area contributed by atoms with Crippen LogP contribution in [-0.4, -0.2) is 25.2 Å². The number of ether oxygens (including phenoxy) is 2. The summed E-state index contributed by atoms with van der Waals surface area (Å²) in [6.07, 6.45) is -0.334. The van der Waals surface area contributed by atoms with Crippen LogP contribution in [0, 0.1) is 0 Å². The fourth-order valence-corrected chi connectivity index (χ4v) is 3.27. The molecule has 1 fully saturated rings. The molecular weight excluding hydrogens is 332 g/mol. The van der Waals surface area contributed by atoms with Crippen molar-refractivity contribution in [1.29, 1.82) is 0 Å². The quantitative estimate of drug-likeness (QED) is 0.918. The van der Waals surface area contributed by atoms with E-state index in [0.717, 1.165) is 22.4 Å². The number of cyclic esters (lactones) is 1. The summed E-state index contributed by atoms with van der Waals surface area (Å²) in [6, 6.07) is 13.1. The zero-order valence-electron chi connectivity index (χ0n) is 14.5. The lowest BCUT2D eigenvalue weighted by molar-refractivity contribution is 0.0939. The molecule has 0 spiro atoms. The zero-order valence-corrected chi connectivity index (χ0v) is 14.5. The number of fused-ring (bicyclic) bond motifs is 1. The number of carbonyl (C=O) groups is 2. The molecule has 0 aromatic heterocycles. The summed E-state index contributed by atoms with van der Waals surface area (Å²) in [5, 5.41) is 3.02. The molecule has 134 valence electrons. The highest BCUT2D eigenvalue weighted by molar-refractivity contribution is 5.95. The minimum atomic E-state index is -0.334. The lowest BCUT2D eigenvalue weighted by Gasteiger charge is -2.18. The van der Waals surface area contributed by atoms with Gasteiger partial charge in [-0.05, 0) is 47.9 Å². The van der Waals surface area contributed by atoms with Gasteiger partial charge >= 0.3 is 6.09 Å². The maximum atomic E-state index is 12.6. The molecule has 26 heavy (non-hydrogen) atoms. The van der Waals surface area contributed by atoms with E-state index in [-0.39, 0.29) is 18.0 Å². The molecule has 2 aliphatic heterocycles. The molecular formula is C20H20N2O4. The van der Waals surface area contributed by atoms with Crippen LogP contribution in [0.25, 0.3) is 0 Å².